The van der Waals surface area contributed by atoms with Crippen molar-refractivity contribution in [1.82, 2.24) is 29.5 Å². The standard InChI is InChI=1S/C30H38N8O/c1-36-15-17-37(18-16-36)24-11-13-25(14-12-24)38-30-27(29(31)33-20-34-30)28(35-38)22-7-9-23(10-8-22)32-19-26(39)21-5-3-2-4-6-21/h2-10,20,24-26,32,39H,11-19H2,1H3,(H2,31,33,34). The van der Waals surface area contributed by atoms with Crippen LogP contribution in [0.1, 0.15) is 43.4 Å². The van der Waals surface area contributed by atoms with Gasteiger partial charge in [-0.2, -0.15) is 5.10 Å². The van der Waals surface area contributed by atoms with Gasteiger partial charge in [0, 0.05) is 50.0 Å². The van der Waals surface area contributed by atoms with E-state index in [2.05, 4.69) is 36.8 Å². The molecule has 2 aromatic heterocycles. The van der Waals surface area contributed by atoms with E-state index >= 15 is 0 Å². The highest BCUT2D eigenvalue weighted by Gasteiger charge is 2.30. The van der Waals surface area contributed by atoms with Gasteiger partial charge in [0.05, 0.1) is 17.5 Å². The van der Waals surface area contributed by atoms with Crippen LogP contribution in [0.15, 0.2) is 60.9 Å². The Kier molecular flexibility index (Phi) is 7.45. The van der Waals surface area contributed by atoms with E-state index in [1.54, 1.807) is 6.33 Å². The van der Waals surface area contributed by atoms with Crippen LogP contribution in [0.2, 0.25) is 0 Å². The molecule has 1 unspecified atom stereocenters. The number of likely N-dealkylation sites (N-methyl/N-ethyl adjacent to an activating group) is 1. The Balaban J connectivity index is 1.18. The van der Waals surface area contributed by atoms with Crippen molar-refractivity contribution in [3.63, 3.8) is 0 Å². The van der Waals surface area contributed by atoms with Crippen molar-refractivity contribution < 1.29 is 5.11 Å². The molecular formula is C30H38N8O. The number of rotatable bonds is 7. The molecule has 1 aliphatic heterocycles. The Morgan fingerprint density at radius 3 is 2.33 bits per heavy atom. The smallest absolute Gasteiger partial charge is 0.164 e. The first-order chi connectivity index (χ1) is 19.1. The molecule has 1 saturated heterocycles. The van der Waals surface area contributed by atoms with Gasteiger partial charge in [0.25, 0.3) is 0 Å². The molecule has 4 aromatic rings. The molecule has 204 valence electrons. The molecule has 4 N–H and O–H groups in total. The van der Waals surface area contributed by atoms with Gasteiger partial charge in [0.15, 0.2) is 5.65 Å². The van der Waals surface area contributed by atoms with Crippen molar-refractivity contribution in [3.8, 4) is 11.3 Å². The molecule has 0 bridgehead atoms. The van der Waals surface area contributed by atoms with Gasteiger partial charge in [-0.25, -0.2) is 14.6 Å². The number of nitrogen functional groups attached to an aromatic ring is 1. The highest BCUT2D eigenvalue weighted by atomic mass is 16.3. The lowest BCUT2D eigenvalue weighted by Gasteiger charge is -2.41. The lowest BCUT2D eigenvalue weighted by atomic mass is 9.90. The number of fused-ring (bicyclic) bond motifs is 1. The fourth-order valence-electron chi connectivity index (χ4n) is 6.06. The normalized spacial score (nSPS) is 21.7. The number of nitrogens with zero attached hydrogens (tertiary/aromatic N) is 6. The number of aliphatic hydroxyl groups is 1. The van der Waals surface area contributed by atoms with E-state index in [9.17, 15) is 5.11 Å². The van der Waals surface area contributed by atoms with E-state index in [1.807, 2.05) is 54.6 Å². The molecule has 9 nitrogen and oxygen atoms in total. The van der Waals surface area contributed by atoms with Crippen LogP contribution in [0.5, 0.6) is 0 Å². The number of benzene rings is 2. The summed E-state index contributed by atoms with van der Waals surface area (Å²) in [5.74, 6) is 0.459. The molecule has 0 radical (unpaired) electrons. The van der Waals surface area contributed by atoms with Crippen LogP contribution in [0.4, 0.5) is 11.5 Å². The van der Waals surface area contributed by atoms with Gasteiger partial charge in [-0.3, -0.25) is 4.90 Å². The number of nitrogens with one attached hydrogen (secondary N) is 1. The number of piperazine rings is 1. The second kappa shape index (κ2) is 11.3. The largest absolute Gasteiger partial charge is 0.387 e. The minimum absolute atomic E-state index is 0.305. The van der Waals surface area contributed by atoms with E-state index in [1.165, 1.54) is 25.9 Å². The Morgan fingerprint density at radius 2 is 1.62 bits per heavy atom. The van der Waals surface area contributed by atoms with Crippen molar-refractivity contribution in [2.75, 3.05) is 50.8 Å². The number of anilines is 2. The number of aromatic nitrogens is 4. The summed E-state index contributed by atoms with van der Waals surface area (Å²) in [5, 5.41) is 19.7. The minimum atomic E-state index is -0.575. The summed E-state index contributed by atoms with van der Waals surface area (Å²) in [6.07, 6.45) is 5.50. The zero-order valence-electron chi connectivity index (χ0n) is 22.6. The van der Waals surface area contributed by atoms with Crippen molar-refractivity contribution in [1.29, 1.82) is 0 Å². The first-order valence-electron chi connectivity index (χ1n) is 14.1. The number of hydrogen-bond acceptors (Lipinski definition) is 8. The summed E-state index contributed by atoms with van der Waals surface area (Å²) in [7, 11) is 2.21. The van der Waals surface area contributed by atoms with E-state index in [0.717, 1.165) is 59.5 Å². The molecule has 1 atom stereocenters. The van der Waals surface area contributed by atoms with Gasteiger partial charge >= 0.3 is 0 Å². The Morgan fingerprint density at radius 1 is 0.923 bits per heavy atom. The lowest BCUT2D eigenvalue weighted by Crippen LogP contribution is -2.49. The van der Waals surface area contributed by atoms with Crippen LogP contribution in [0, 0.1) is 0 Å². The molecule has 2 fully saturated rings. The Labute approximate surface area is 229 Å². The van der Waals surface area contributed by atoms with Gasteiger partial charge in [-0.05, 0) is 50.4 Å². The summed E-state index contributed by atoms with van der Waals surface area (Å²) in [4.78, 5) is 14.0. The van der Waals surface area contributed by atoms with E-state index < -0.39 is 6.10 Å². The highest BCUT2D eigenvalue weighted by molar-refractivity contribution is 5.98. The molecule has 1 saturated carbocycles. The molecule has 39 heavy (non-hydrogen) atoms. The third-order valence-electron chi connectivity index (χ3n) is 8.43. The average molecular weight is 527 g/mol. The maximum atomic E-state index is 10.5. The first kappa shape index (κ1) is 25.7. The fourth-order valence-corrected chi connectivity index (χ4v) is 6.06. The molecular weight excluding hydrogens is 488 g/mol. The monoisotopic (exact) mass is 526 g/mol. The zero-order chi connectivity index (χ0) is 26.8. The van der Waals surface area contributed by atoms with E-state index in [0.29, 0.717) is 24.4 Å². The summed E-state index contributed by atoms with van der Waals surface area (Å²) in [5.41, 5.74) is 10.8. The number of hydrogen-bond donors (Lipinski definition) is 3. The van der Waals surface area contributed by atoms with Crippen LogP contribution in [-0.4, -0.2) is 80.5 Å². The van der Waals surface area contributed by atoms with E-state index in [-0.39, 0.29) is 0 Å². The van der Waals surface area contributed by atoms with Crippen molar-refractivity contribution in [2.45, 2.75) is 43.9 Å². The Bertz CT molecular complexity index is 1370. The molecule has 9 heteroatoms. The quantitative estimate of drug-likeness (QED) is 0.332. The maximum absolute atomic E-state index is 10.5. The van der Waals surface area contributed by atoms with Gasteiger partial charge in [0.1, 0.15) is 17.8 Å². The SMILES string of the molecule is CN1CCN(C2CCC(n3nc(-c4ccc(NCC(O)c5ccccc5)cc4)c4c(N)ncnc43)CC2)CC1. The number of aliphatic hydroxyl groups excluding tert-OH is 1. The molecule has 6 rings (SSSR count). The summed E-state index contributed by atoms with van der Waals surface area (Å²) >= 11 is 0. The van der Waals surface area contributed by atoms with Gasteiger partial charge in [-0.15, -0.1) is 0 Å². The second-order valence-electron chi connectivity index (χ2n) is 10.9. The van der Waals surface area contributed by atoms with Crippen LogP contribution >= 0.6 is 0 Å². The van der Waals surface area contributed by atoms with Crippen molar-refractivity contribution in [3.05, 3.63) is 66.5 Å². The Hall–Kier alpha value is -3.53. The molecule has 0 amide bonds. The van der Waals surface area contributed by atoms with Crippen molar-refractivity contribution in [2.24, 2.45) is 0 Å². The molecule has 2 aromatic carbocycles. The molecule has 1 aliphatic carbocycles. The number of nitrogens with two attached hydrogens (primary N) is 1. The molecule has 0 spiro atoms. The minimum Gasteiger partial charge on any atom is -0.387 e. The predicted molar refractivity (Wildman–Crippen MR) is 155 cm³/mol. The average Bonchev–Trinajstić information content (AvgIpc) is 3.38. The topological polar surface area (TPSA) is 108 Å². The van der Waals surface area contributed by atoms with Crippen LogP contribution in [0.3, 0.4) is 0 Å². The van der Waals surface area contributed by atoms with E-state index in [4.69, 9.17) is 10.8 Å². The lowest BCUT2D eigenvalue weighted by molar-refractivity contribution is 0.0815. The van der Waals surface area contributed by atoms with Gasteiger partial charge < -0.3 is 21.1 Å². The summed E-state index contributed by atoms with van der Waals surface area (Å²) < 4.78 is 2.10. The fraction of sp³-hybridized carbons (Fsp3) is 0.433. The second-order valence-corrected chi connectivity index (χ2v) is 10.9. The van der Waals surface area contributed by atoms with Crippen LogP contribution in [-0.2, 0) is 0 Å². The highest BCUT2D eigenvalue weighted by Crippen LogP contribution is 2.37. The maximum Gasteiger partial charge on any atom is 0.164 e. The van der Waals surface area contributed by atoms with Gasteiger partial charge in [0.2, 0.25) is 0 Å². The van der Waals surface area contributed by atoms with Crippen LogP contribution in [0.25, 0.3) is 22.3 Å². The third-order valence-corrected chi connectivity index (χ3v) is 8.43. The summed E-state index contributed by atoms with van der Waals surface area (Å²) in [6.45, 7) is 5.08. The summed E-state index contributed by atoms with van der Waals surface area (Å²) in [6, 6.07) is 18.8. The predicted octanol–water partition coefficient (Wildman–Crippen LogP) is 3.95. The molecule has 3 heterocycles. The van der Waals surface area contributed by atoms with Crippen LogP contribution < -0.4 is 11.1 Å². The first-order valence-corrected chi connectivity index (χ1v) is 14.1. The van der Waals surface area contributed by atoms with Crippen molar-refractivity contribution >= 4 is 22.5 Å². The zero-order valence-corrected chi connectivity index (χ0v) is 22.6. The third kappa shape index (κ3) is 5.48. The van der Waals surface area contributed by atoms with Gasteiger partial charge in [-0.1, -0.05) is 42.5 Å². The molecule has 2 aliphatic rings.